The lowest BCUT2D eigenvalue weighted by atomic mass is 10.2. The minimum Gasteiger partial charge on any atom is -0.372 e. The number of rotatable bonds is 3. The molecule has 0 radical (unpaired) electrons. The normalized spacial score (nSPS) is 24.3. The van der Waals surface area contributed by atoms with Gasteiger partial charge in [-0.15, -0.1) is 0 Å². The van der Waals surface area contributed by atoms with Crippen LogP contribution in [-0.4, -0.2) is 35.3 Å². The molecule has 0 N–H and O–H groups in total. The van der Waals surface area contributed by atoms with Gasteiger partial charge >= 0.3 is 0 Å². The second kappa shape index (κ2) is 5.65. The van der Waals surface area contributed by atoms with Gasteiger partial charge in [-0.2, -0.15) is 0 Å². The summed E-state index contributed by atoms with van der Waals surface area (Å²) < 4.78 is 5.89. The number of hydrogen-bond donors (Lipinski definition) is 0. The van der Waals surface area contributed by atoms with Crippen molar-refractivity contribution in [3.63, 3.8) is 0 Å². The number of aromatic nitrogens is 2. The highest BCUT2D eigenvalue weighted by molar-refractivity contribution is 5.40. The molecule has 4 heteroatoms. The maximum Gasteiger partial charge on any atom is 0.132 e. The average Bonchev–Trinajstić information content (AvgIpc) is 2.37. The predicted molar refractivity (Wildman–Crippen MR) is 73.0 cm³/mol. The SMILES string of the molecule is CCc1cc(N2CC(C)OC(CC)C2)nc(C)n1. The van der Waals surface area contributed by atoms with Gasteiger partial charge < -0.3 is 9.64 Å². The lowest BCUT2D eigenvalue weighted by Crippen LogP contribution is -2.46. The standard InChI is InChI=1S/C14H23N3O/c1-5-12-7-14(16-11(4)15-12)17-8-10(3)18-13(6-2)9-17/h7,10,13H,5-6,8-9H2,1-4H3. The summed E-state index contributed by atoms with van der Waals surface area (Å²) in [6, 6.07) is 2.11. The first-order chi connectivity index (χ1) is 8.62. The van der Waals surface area contributed by atoms with E-state index in [0.717, 1.165) is 43.3 Å². The maximum atomic E-state index is 5.89. The molecule has 1 aromatic heterocycles. The van der Waals surface area contributed by atoms with E-state index in [1.54, 1.807) is 0 Å². The predicted octanol–water partition coefficient (Wildman–Crippen LogP) is 2.35. The van der Waals surface area contributed by atoms with E-state index in [1.807, 2.05) is 6.92 Å². The molecule has 1 aliphatic rings. The van der Waals surface area contributed by atoms with E-state index in [9.17, 15) is 0 Å². The molecule has 18 heavy (non-hydrogen) atoms. The molecule has 0 saturated carbocycles. The summed E-state index contributed by atoms with van der Waals surface area (Å²) in [4.78, 5) is 11.3. The summed E-state index contributed by atoms with van der Waals surface area (Å²) in [7, 11) is 0. The summed E-state index contributed by atoms with van der Waals surface area (Å²) in [6.45, 7) is 10.2. The molecule has 2 rings (SSSR count). The molecule has 4 nitrogen and oxygen atoms in total. The number of anilines is 1. The molecule has 2 heterocycles. The van der Waals surface area contributed by atoms with Crippen molar-refractivity contribution < 1.29 is 4.74 Å². The van der Waals surface area contributed by atoms with Crippen molar-refractivity contribution in [2.24, 2.45) is 0 Å². The lowest BCUT2D eigenvalue weighted by molar-refractivity contribution is -0.0174. The van der Waals surface area contributed by atoms with Crippen LogP contribution in [0.4, 0.5) is 5.82 Å². The molecule has 0 spiro atoms. The zero-order valence-corrected chi connectivity index (χ0v) is 11.8. The van der Waals surface area contributed by atoms with Gasteiger partial charge in [0.2, 0.25) is 0 Å². The Hall–Kier alpha value is -1.16. The number of hydrogen-bond acceptors (Lipinski definition) is 4. The fourth-order valence-corrected chi connectivity index (χ4v) is 2.41. The van der Waals surface area contributed by atoms with Crippen LogP contribution in [0.1, 0.15) is 38.7 Å². The van der Waals surface area contributed by atoms with Gasteiger partial charge in [-0.25, -0.2) is 9.97 Å². The van der Waals surface area contributed by atoms with Crippen LogP contribution in [0.15, 0.2) is 6.07 Å². The molecule has 1 aliphatic heterocycles. The molecule has 0 aliphatic carbocycles. The van der Waals surface area contributed by atoms with Gasteiger partial charge in [-0.1, -0.05) is 13.8 Å². The van der Waals surface area contributed by atoms with Crippen molar-refractivity contribution in [2.45, 2.75) is 52.7 Å². The van der Waals surface area contributed by atoms with Crippen molar-refractivity contribution >= 4 is 5.82 Å². The van der Waals surface area contributed by atoms with Crippen LogP contribution in [-0.2, 0) is 11.2 Å². The van der Waals surface area contributed by atoms with E-state index in [0.29, 0.717) is 6.10 Å². The Morgan fingerprint density at radius 3 is 2.78 bits per heavy atom. The monoisotopic (exact) mass is 249 g/mol. The minimum absolute atomic E-state index is 0.268. The Labute approximate surface area is 109 Å². The molecular weight excluding hydrogens is 226 g/mol. The first-order valence-corrected chi connectivity index (χ1v) is 6.87. The van der Waals surface area contributed by atoms with Gasteiger partial charge in [0.05, 0.1) is 12.2 Å². The van der Waals surface area contributed by atoms with Crippen LogP contribution in [0.2, 0.25) is 0 Å². The first kappa shape index (κ1) is 13.3. The number of morpholine rings is 1. The Morgan fingerprint density at radius 1 is 1.33 bits per heavy atom. The topological polar surface area (TPSA) is 38.2 Å². The van der Waals surface area contributed by atoms with E-state index in [2.05, 4.69) is 41.7 Å². The summed E-state index contributed by atoms with van der Waals surface area (Å²) in [5.74, 6) is 1.91. The Morgan fingerprint density at radius 2 is 2.11 bits per heavy atom. The quantitative estimate of drug-likeness (QED) is 0.824. The second-order valence-electron chi connectivity index (χ2n) is 5.00. The van der Waals surface area contributed by atoms with Gasteiger partial charge in [-0.05, 0) is 26.7 Å². The first-order valence-electron chi connectivity index (χ1n) is 6.87. The van der Waals surface area contributed by atoms with Crippen molar-refractivity contribution in [1.82, 2.24) is 9.97 Å². The third kappa shape index (κ3) is 2.99. The zero-order valence-electron chi connectivity index (χ0n) is 11.8. The minimum atomic E-state index is 0.268. The van der Waals surface area contributed by atoms with Gasteiger partial charge in [0, 0.05) is 24.8 Å². The van der Waals surface area contributed by atoms with Crippen LogP contribution < -0.4 is 4.90 Å². The molecule has 0 aromatic carbocycles. The maximum absolute atomic E-state index is 5.89. The summed E-state index contributed by atoms with van der Waals surface area (Å²) in [5.41, 5.74) is 1.12. The third-order valence-electron chi connectivity index (χ3n) is 3.35. The van der Waals surface area contributed by atoms with Gasteiger partial charge in [-0.3, -0.25) is 0 Å². The third-order valence-corrected chi connectivity index (χ3v) is 3.35. The molecule has 0 bridgehead atoms. The molecule has 0 amide bonds. The van der Waals surface area contributed by atoms with E-state index in [1.165, 1.54) is 0 Å². The number of aryl methyl sites for hydroxylation is 2. The highest BCUT2D eigenvalue weighted by atomic mass is 16.5. The van der Waals surface area contributed by atoms with Gasteiger partial charge in [0.15, 0.2) is 0 Å². The Balaban J connectivity index is 2.21. The van der Waals surface area contributed by atoms with Crippen molar-refractivity contribution in [1.29, 1.82) is 0 Å². The summed E-state index contributed by atoms with van der Waals surface area (Å²) >= 11 is 0. The van der Waals surface area contributed by atoms with Gasteiger partial charge in [0.1, 0.15) is 11.6 Å². The molecule has 2 unspecified atom stereocenters. The van der Waals surface area contributed by atoms with Crippen LogP contribution >= 0.6 is 0 Å². The fraction of sp³-hybridized carbons (Fsp3) is 0.714. The van der Waals surface area contributed by atoms with E-state index in [4.69, 9.17) is 4.74 Å². The van der Waals surface area contributed by atoms with Gasteiger partial charge in [0.25, 0.3) is 0 Å². The zero-order chi connectivity index (χ0) is 13.1. The molecular formula is C14H23N3O. The molecule has 1 aromatic rings. The molecule has 2 atom stereocenters. The molecule has 1 saturated heterocycles. The second-order valence-corrected chi connectivity index (χ2v) is 5.00. The summed E-state index contributed by atoms with van der Waals surface area (Å²) in [5, 5.41) is 0. The van der Waals surface area contributed by atoms with E-state index < -0.39 is 0 Å². The Kier molecular flexibility index (Phi) is 4.17. The molecule has 100 valence electrons. The Bertz CT molecular complexity index is 408. The summed E-state index contributed by atoms with van der Waals surface area (Å²) in [6.07, 6.45) is 2.58. The average molecular weight is 249 g/mol. The van der Waals surface area contributed by atoms with Crippen molar-refractivity contribution in [2.75, 3.05) is 18.0 Å². The highest BCUT2D eigenvalue weighted by Gasteiger charge is 2.25. The smallest absolute Gasteiger partial charge is 0.132 e. The van der Waals surface area contributed by atoms with Crippen molar-refractivity contribution in [3.05, 3.63) is 17.6 Å². The molecule has 1 fully saturated rings. The van der Waals surface area contributed by atoms with Crippen LogP contribution in [0.25, 0.3) is 0 Å². The van der Waals surface area contributed by atoms with Crippen LogP contribution in [0.3, 0.4) is 0 Å². The van der Waals surface area contributed by atoms with Crippen molar-refractivity contribution in [3.8, 4) is 0 Å². The van der Waals surface area contributed by atoms with Crippen LogP contribution in [0.5, 0.6) is 0 Å². The lowest BCUT2D eigenvalue weighted by Gasteiger charge is -2.37. The highest BCUT2D eigenvalue weighted by Crippen LogP contribution is 2.20. The fourth-order valence-electron chi connectivity index (χ4n) is 2.41. The largest absolute Gasteiger partial charge is 0.372 e. The number of nitrogens with zero attached hydrogens (tertiary/aromatic N) is 3. The van der Waals surface area contributed by atoms with Crippen LogP contribution in [0, 0.1) is 6.92 Å². The van der Waals surface area contributed by atoms with E-state index in [-0.39, 0.29) is 6.10 Å². The van der Waals surface area contributed by atoms with E-state index >= 15 is 0 Å². The number of ether oxygens (including phenoxy) is 1.